The van der Waals surface area contributed by atoms with Crippen LogP contribution in [-0.2, 0) is 10.0 Å². The summed E-state index contributed by atoms with van der Waals surface area (Å²) in [5.41, 5.74) is 3.39. The molecule has 1 unspecified atom stereocenters. The summed E-state index contributed by atoms with van der Waals surface area (Å²) >= 11 is 0. The Morgan fingerprint density at radius 3 is 2.44 bits per heavy atom. The summed E-state index contributed by atoms with van der Waals surface area (Å²) in [4.78, 5) is 0. The standard InChI is InChI=1S/C13H21NO3S/c1-9-5-11(3)12(4)13(6-9)17-7-10(2)8-18(14,15)16/h5-6,10H,7-8H2,1-4H3,(H2,14,15,16). The van der Waals surface area contributed by atoms with E-state index in [0.29, 0.717) is 6.61 Å². The first-order chi connectivity index (χ1) is 8.19. The molecule has 0 radical (unpaired) electrons. The fraction of sp³-hybridized carbons (Fsp3) is 0.538. The maximum absolute atomic E-state index is 11.0. The van der Waals surface area contributed by atoms with E-state index in [-0.39, 0.29) is 11.7 Å². The molecule has 0 saturated carbocycles. The lowest BCUT2D eigenvalue weighted by Crippen LogP contribution is -2.25. The highest BCUT2D eigenvalue weighted by Gasteiger charge is 2.12. The lowest BCUT2D eigenvalue weighted by atomic mass is 10.1. The third kappa shape index (κ3) is 4.66. The van der Waals surface area contributed by atoms with Crippen LogP contribution in [0, 0.1) is 26.7 Å². The summed E-state index contributed by atoms with van der Waals surface area (Å²) in [7, 11) is -3.43. The molecular formula is C13H21NO3S. The van der Waals surface area contributed by atoms with Crippen LogP contribution >= 0.6 is 0 Å². The van der Waals surface area contributed by atoms with Gasteiger partial charge in [-0.25, -0.2) is 13.6 Å². The van der Waals surface area contributed by atoms with E-state index in [1.165, 1.54) is 5.56 Å². The fourth-order valence-electron chi connectivity index (χ4n) is 1.83. The van der Waals surface area contributed by atoms with Crippen LogP contribution in [0.3, 0.4) is 0 Å². The molecule has 0 aliphatic rings. The van der Waals surface area contributed by atoms with E-state index in [4.69, 9.17) is 9.88 Å². The molecule has 2 N–H and O–H groups in total. The normalized spacial score (nSPS) is 13.4. The Hall–Kier alpha value is -1.07. The van der Waals surface area contributed by atoms with Crippen LogP contribution in [0.15, 0.2) is 12.1 Å². The molecular weight excluding hydrogens is 250 g/mol. The molecule has 0 bridgehead atoms. The first-order valence-electron chi connectivity index (χ1n) is 5.90. The Balaban J connectivity index is 2.69. The summed E-state index contributed by atoms with van der Waals surface area (Å²) in [6.07, 6.45) is 0. The van der Waals surface area contributed by atoms with Crippen molar-refractivity contribution in [3.8, 4) is 5.75 Å². The Kier molecular flexibility index (Phi) is 4.76. The minimum atomic E-state index is -3.43. The van der Waals surface area contributed by atoms with Gasteiger partial charge in [-0.2, -0.15) is 0 Å². The number of aryl methyl sites for hydroxylation is 2. The second-order valence-corrected chi connectivity index (χ2v) is 6.61. The monoisotopic (exact) mass is 271 g/mol. The van der Waals surface area contributed by atoms with Gasteiger partial charge < -0.3 is 4.74 Å². The van der Waals surface area contributed by atoms with Crippen LogP contribution in [0.2, 0.25) is 0 Å². The van der Waals surface area contributed by atoms with Gasteiger partial charge in [-0.3, -0.25) is 0 Å². The van der Waals surface area contributed by atoms with Crippen molar-refractivity contribution in [2.75, 3.05) is 12.4 Å². The van der Waals surface area contributed by atoms with Crippen molar-refractivity contribution in [2.24, 2.45) is 11.1 Å². The van der Waals surface area contributed by atoms with Gasteiger partial charge in [0, 0.05) is 5.92 Å². The maximum Gasteiger partial charge on any atom is 0.209 e. The molecule has 0 spiro atoms. The molecule has 0 fully saturated rings. The second-order valence-electron chi connectivity index (χ2n) is 4.95. The summed E-state index contributed by atoms with van der Waals surface area (Å²) < 4.78 is 27.6. The smallest absolute Gasteiger partial charge is 0.209 e. The Morgan fingerprint density at radius 1 is 1.28 bits per heavy atom. The largest absolute Gasteiger partial charge is 0.493 e. The van der Waals surface area contributed by atoms with E-state index >= 15 is 0 Å². The minimum Gasteiger partial charge on any atom is -0.493 e. The Morgan fingerprint density at radius 2 is 1.89 bits per heavy atom. The number of rotatable bonds is 5. The maximum atomic E-state index is 11.0. The topological polar surface area (TPSA) is 69.4 Å². The summed E-state index contributed by atoms with van der Waals surface area (Å²) in [6, 6.07) is 4.06. The zero-order chi connectivity index (χ0) is 13.9. The van der Waals surface area contributed by atoms with Crippen molar-refractivity contribution < 1.29 is 13.2 Å². The minimum absolute atomic E-state index is 0.0587. The number of hydrogen-bond donors (Lipinski definition) is 1. The molecule has 1 atom stereocenters. The van der Waals surface area contributed by atoms with Gasteiger partial charge in [-0.15, -0.1) is 0 Å². The van der Waals surface area contributed by atoms with Gasteiger partial charge in [-0.1, -0.05) is 13.0 Å². The SMILES string of the molecule is Cc1cc(C)c(C)c(OCC(C)CS(N)(=O)=O)c1. The first kappa shape index (κ1) is 15.0. The van der Waals surface area contributed by atoms with Gasteiger partial charge >= 0.3 is 0 Å². The second kappa shape index (κ2) is 5.71. The van der Waals surface area contributed by atoms with Gasteiger partial charge in [-0.05, 0) is 43.5 Å². The number of ether oxygens (including phenoxy) is 1. The predicted molar refractivity (Wildman–Crippen MR) is 73.3 cm³/mol. The van der Waals surface area contributed by atoms with Crippen molar-refractivity contribution in [3.05, 3.63) is 28.8 Å². The molecule has 1 aromatic carbocycles. The molecule has 18 heavy (non-hydrogen) atoms. The highest BCUT2D eigenvalue weighted by atomic mass is 32.2. The highest BCUT2D eigenvalue weighted by molar-refractivity contribution is 7.89. The van der Waals surface area contributed by atoms with Crippen LogP contribution in [0.4, 0.5) is 0 Å². The van der Waals surface area contributed by atoms with Gasteiger partial charge in [0.15, 0.2) is 0 Å². The van der Waals surface area contributed by atoms with Gasteiger partial charge in [0.05, 0.1) is 12.4 Å². The first-order valence-corrected chi connectivity index (χ1v) is 7.61. The van der Waals surface area contributed by atoms with Gasteiger partial charge in [0.25, 0.3) is 0 Å². The average Bonchev–Trinajstić information content (AvgIpc) is 2.18. The molecule has 0 aromatic heterocycles. The molecule has 1 aromatic rings. The average molecular weight is 271 g/mol. The highest BCUT2D eigenvalue weighted by Crippen LogP contribution is 2.23. The lowest BCUT2D eigenvalue weighted by Gasteiger charge is -2.15. The number of hydrogen-bond acceptors (Lipinski definition) is 3. The molecule has 0 saturated heterocycles. The van der Waals surface area contributed by atoms with Crippen LogP contribution in [-0.4, -0.2) is 20.8 Å². The third-order valence-electron chi connectivity index (χ3n) is 2.80. The van der Waals surface area contributed by atoms with Crippen LogP contribution in [0.25, 0.3) is 0 Å². The van der Waals surface area contributed by atoms with Crippen LogP contribution in [0.1, 0.15) is 23.6 Å². The van der Waals surface area contributed by atoms with E-state index in [9.17, 15) is 8.42 Å². The molecule has 1 rings (SSSR count). The summed E-state index contributed by atoms with van der Waals surface area (Å²) in [6.45, 7) is 8.19. The van der Waals surface area contributed by atoms with Crippen molar-refractivity contribution >= 4 is 10.0 Å². The van der Waals surface area contributed by atoms with Crippen molar-refractivity contribution in [1.82, 2.24) is 0 Å². The predicted octanol–water partition coefficient (Wildman–Crippen LogP) is 1.92. The molecule has 4 nitrogen and oxygen atoms in total. The fourth-order valence-corrected chi connectivity index (χ4v) is 2.72. The van der Waals surface area contributed by atoms with E-state index in [0.717, 1.165) is 16.9 Å². The van der Waals surface area contributed by atoms with E-state index in [1.807, 2.05) is 33.8 Å². The summed E-state index contributed by atoms with van der Waals surface area (Å²) in [5, 5.41) is 5.00. The number of benzene rings is 1. The van der Waals surface area contributed by atoms with E-state index in [1.54, 1.807) is 0 Å². The zero-order valence-electron chi connectivity index (χ0n) is 11.4. The zero-order valence-corrected chi connectivity index (χ0v) is 12.2. The third-order valence-corrected chi connectivity index (χ3v) is 3.84. The van der Waals surface area contributed by atoms with Crippen molar-refractivity contribution in [2.45, 2.75) is 27.7 Å². The van der Waals surface area contributed by atoms with E-state index < -0.39 is 10.0 Å². The lowest BCUT2D eigenvalue weighted by molar-refractivity contribution is 0.270. The van der Waals surface area contributed by atoms with Gasteiger partial charge in [0.2, 0.25) is 10.0 Å². The summed E-state index contributed by atoms with van der Waals surface area (Å²) in [5.74, 6) is 0.630. The number of nitrogens with two attached hydrogens (primary N) is 1. The molecule has 102 valence electrons. The molecule has 0 aliphatic carbocycles. The van der Waals surface area contributed by atoms with Gasteiger partial charge in [0.1, 0.15) is 5.75 Å². The molecule has 0 amide bonds. The van der Waals surface area contributed by atoms with E-state index in [2.05, 4.69) is 6.07 Å². The van der Waals surface area contributed by atoms with Crippen LogP contribution < -0.4 is 9.88 Å². The molecule has 5 heteroatoms. The van der Waals surface area contributed by atoms with Crippen LogP contribution in [0.5, 0.6) is 5.75 Å². The molecule has 0 heterocycles. The van der Waals surface area contributed by atoms with Crippen molar-refractivity contribution in [3.63, 3.8) is 0 Å². The Bertz CT molecular complexity index is 523. The quantitative estimate of drug-likeness (QED) is 0.889. The molecule has 0 aliphatic heterocycles. The van der Waals surface area contributed by atoms with Crippen molar-refractivity contribution in [1.29, 1.82) is 0 Å². The Labute approximate surface area is 109 Å². The number of sulfonamides is 1. The number of primary sulfonamides is 1.